The first-order valence-corrected chi connectivity index (χ1v) is 11.1. The van der Waals surface area contributed by atoms with E-state index >= 15 is 0 Å². The molecule has 0 unspecified atom stereocenters. The van der Waals surface area contributed by atoms with Gasteiger partial charge in [-0.2, -0.15) is 0 Å². The fourth-order valence-corrected chi connectivity index (χ4v) is 4.64. The van der Waals surface area contributed by atoms with Gasteiger partial charge < -0.3 is 9.52 Å². The molecule has 0 spiro atoms. The van der Waals surface area contributed by atoms with Crippen LogP contribution in [0.5, 0.6) is 0 Å². The number of furan rings is 1. The van der Waals surface area contributed by atoms with E-state index < -0.39 is 23.5 Å². The monoisotopic (exact) mass is 444 g/mol. The first-order chi connectivity index (χ1) is 15.5. The normalized spacial score (nSPS) is 16.5. The van der Waals surface area contributed by atoms with Gasteiger partial charge in [0.05, 0.1) is 11.6 Å². The van der Waals surface area contributed by atoms with E-state index in [1.165, 1.54) is 16.2 Å². The van der Waals surface area contributed by atoms with Gasteiger partial charge in [-0.15, -0.1) is 11.3 Å². The number of fused-ring (bicyclic) bond motifs is 1. The summed E-state index contributed by atoms with van der Waals surface area (Å²) in [6.45, 7) is 4.19. The Morgan fingerprint density at radius 2 is 1.91 bits per heavy atom. The van der Waals surface area contributed by atoms with Crippen molar-refractivity contribution in [2.24, 2.45) is 0 Å². The number of aliphatic hydroxyl groups excluding tert-OH is 1. The number of para-hydroxylation sites is 1. The van der Waals surface area contributed by atoms with Gasteiger partial charge in [0.2, 0.25) is 5.78 Å². The van der Waals surface area contributed by atoms with Crippen LogP contribution in [0.25, 0.3) is 11.0 Å². The van der Waals surface area contributed by atoms with Crippen molar-refractivity contribution in [1.29, 1.82) is 0 Å². The van der Waals surface area contributed by atoms with Gasteiger partial charge in [0.25, 0.3) is 5.91 Å². The van der Waals surface area contributed by atoms with Crippen LogP contribution in [-0.4, -0.2) is 21.8 Å². The van der Waals surface area contributed by atoms with E-state index in [0.29, 0.717) is 22.2 Å². The van der Waals surface area contributed by atoms with Crippen LogP contribution in [0.4, 0.5) is 5.13 Å². The van der Waals surface area contributed by atoms with Gasteiger partial charge in [-0.25, -0.2) is 4.98 Å². The quantitative estimate of drug-likeness (QED) is 0.394. The number of amides is 1. The summed E-state index contributed by atoms with van der Waals surface area (Å²) in [6, 6.07) is 15.8. The van der Waals surface area contributed by atoms with Gasteiger partial charge in [-0.05, 0) is 29.2 Å². The number of hydrogen-bond acceptors (Lipinski definition) is 6. The number of rotatable bonds is 5. The van der Waals surface area contributed by atoms with Gasteiger partial charge in [0.1, 0.15) is 5.58 Å². The lowest BCUT2D eigenvalue weighted by molar-refractivity contribution is -0.117. The lowest BCUT2D eigenvalue weighted by atomic mass is 9.93. The molecular formula is C25H20N2O4S. The number of carbonyl (C=O) groups is 2. The molecule has 1 aliphatic rings. The van der Waals surface area contributed by atoms with Crippen molar-refractivity contribution in [3.63, 3.8) is 0 Å². The highest BCUT2D eigenvalue weighted by molar-refractivity contribution is 7.13. The summed E-state index contributed by atoms with van der Waals surface area (Å²) in [5, 5.41) is 13.7. The molecule has 7 heteroatoms. The van der Waals surface area contributed by atoms with E-state index in [0.717, 1.165) is 10.9 Å². The van der Waals surface area contributed by atoms with Crippen LogP contribution in [0.1, 0.15) is 47.5 Å². The predicted octanol–water partition coefficient (Wildman–Crippen LogP) is 5.80. The number of nitrogens with zero attached hydrogens (tertiary/aromatic N) is 2. The zero-order valence-electron chi connectivity index (χ0n) is 17.5. The average molecular weight is 445 g/mol. The number of Topliss-reactive ketones (excluding diaryl/α,β-unsaturated/α-hetero) is 1. The Morgan fingerprint density at radius 3 is 2.56 bits per heavy atom. The Labute approximate surface area is 188 Å². The van der Waals surface area contributed by atoms with E-state index in [4.69, 9.17) is 4.42 Å². The second-order valence-corrected chi connectivity index (χ2v) is 8.83. The lowest BCUT2D eigenvalue weighted by Crippen LogP contribution is -2.30. The van der Waals surface area contributed by atoms with E-state index in [-0.39, 0.29) is 11.3 Å². The van der Waals surface area contributed by atoms with Crippen molar-refractivity contribution in [2.75, 3.05) is 4.90 Å². The van der Waals surface area contributed by atoms with Crippen LogP contribution in [0, 0.1) is 0 Å². The van der Waals surface area contributed by atoms with Gasteiger partial charge >= 0.3 is 0 Å². The summed E-state index contributed by atoms with van der Waals surface area (Å²) in [5.41, 5.74) is 2.40. The maximum atomic E-state index is 13.5. The molecule has 3 heterocycles. The molecule has 1 amide bonds. The Kier molecular flexibility index (Phi) is 4.90. The highest BCUT2D eigenvalue weighted by Crippen LogP contribution is 2.43. The molecule has 1 atom stereocenters. The molecule has 2 aromatic heterocycles. The first-order valence-electron chi connectivity index (χ1n) is 10.2. The Hall–Kier alpha value is -3.71. The molecule has 4 aromatic rings. The third-order valence-electron chi connectivity index (χ3n) is 5.65. The average Bonchev–Trinajstić information content (AvgIpc) is 3.52. The van der Waals surface area contributed by atoms with Gasteiger partial charge in [-0.3, -0.25) is 14.5 Å². The number of thiazole rings is 1. The fourth-order valence-electron chi connectivity index (χ4n) is 3.97. The van der Waals surface area contributed by atoms with Gasteiger partial charge in [0.15, 0.2) is 16.7 Å². The lowest BCUT2D eigenvalue weighted by Gasteiger charge is -2.24. The number of anilines is 1. The largest absolute Gasteiger partial charge is 0.503 e. The number of hydrogen-bond donors (Lipinski definition) is 1. The van der Waals surface area contributed by atoms with Gasteiger partial charge in [0, 0.05) is 17.0 Å². The summed E-state index contributed by atoms with van der Waals surface area (Å²) >= 11 is 1.27. The number of aromatic nitrogens is 1. The van der Waals surface area contributed by atoms with Crippen molar-refractivity contribution < 1.29 is 19.1 Å². The molecule has 0 fully saturated rings. The second kappa shape index (κ2) is 7.76. The predicted molar refractivity (Wildman–Crippen MR) is 123 cm³/mol. The number of carbonyl (C=O) groups excluding carboxylic acids is 2. The van der Waals surface area contributed by atoms with E-state index in [1.807, 2.05) is 42.5 Å². The third-order valence-corrected chi connectivity index (χ3v) is 6.42. The molecule has 0 saturated heterocycles. The fraction of sp³-hybridized carbons (Fsp3) is 0.160. The third kappa shape index (κ3) is 3.22. The summed E-state index contributed by atoms with van der Waals surface area (Å²) in [5.74, 6) is -1.35. The summed E-state index contributed by atoms with van der Waals surface area (Å²) in [7, 11) is 0. The minimum Gasteiger partial charge on any atom is -0.503 e. The van der Waals surface area contributed by atoms with Crippen LogP contribution in [0.15, 0.2) is 81.9 Å². The van der Waals surface area contributed by atoms with Crippen molar-refractivity contribution in [2.45, 2.75) is 25.8 Å². The first kappa shape index (κ1) is 20.2. The molecule has 6 nitrogen and oxygen atoms in total. The van der Waals surface area contributed by atoms with Crippen molar-refractivity contribution in [1.82, 2.24) is 4.98 Å². The minimum atomic E-state index is -0.810. The Bertz CT molecular complexity index is 1320. The van der Waals surface area contributed by atoms with Crippen LogP contribution in [-0.2, 0) is 4.79 Å². The van der Waals surface area contributed by atoms with Crippen LogP contribution in [0.3, 0.4) is 0 Å². The van der Waals surface area contributed by atoms with E-state index in [2.05, 4.69) is 18.8 Å². The molecule has 0 saturated carbocycles. The summed E-state index contributed by atoms with van der Waals surface area (Å²) < 4.78 is 5.75. The smallest absolute Gasteiger partial charge is 0.296 e. The van der Waals surface area contributed by atoms with Crippen LogP contribution < -0.4 is 4.90 Å². The number of benzene rings is 2. The molecule has 1 aliphatic heterocycles. The molecule has 160 valence electrons. The molecule has 32 heavy (non-hydrogen) atoms. The Morgan fingerprint density at radius 1 is 1.16 bits per heavy atom. The van der Waals surface area contributed by atoms with Crippen molar-refractivity contribution in [3.8, 4) is 0 Å². The number of ketones is 1. The van der Waals surface area contributed by atoms with Crippen LogP contribution >= 0.6 is 11.3 Å². The van der Waals surface area contributed by atoms with E-state index in [1.54, 1.807) is 23.7 Å². The van der Waals surface area contributed by atoms with E-state index in [9.17, 15) is 14.7 Å². The molecule has 5 rings (SSSR count). The molecule has 0 aliphatic carbocycles. The zero-order valence-corrected chi connectivity index (χ0v) is 18.3. The molecule has 2 aromatic carbocycles. The van der Waals surface area contributed by atoms with Crippen molar-refractivity contribution in [3.05, 3.63) is 94.4 Å². The van der Waals surface area contributed by atoms with Crippen molar-refractivity contribution >= 4 is 39.1 Å². The van der Waals surface area contributed by atoms with Crippen LogP contribution in [0.2, 0.25) is 0 Å². The Balaban J connectivity index is 1.64. The summed E-state index contributed by atoms with van der Waals surface area (Å²) in [6.07, 6.45) is 1.59. The summed E-state index contributed by atoms with van der Waals surface area (Å²) in [4.78, 5) is 32.3. The van der Waals surface area contributed by atoms with Gasteiger partial charge in [-0.1, -0.05) is 56.3 Å². The maximum absolute atomic E-state index is 13.5. The molecule has 1 N–H and O–H groups in total. The molecule has 0 bridgehead atoms. The maximum Gasteiger partial charge on any atom is 0.296 e. The highest BCUT2D eigenvalue weighted by Gasteiger charge is 2.46. The molecule has 0 radical (unpaired) electrons. The highest BCUT2D eigenvalue weighted by atomic mass is 32.1. The second-order valence-electron chi connectivity index (χ2n) is 7.95. The SMILES string of the molecule is CC(C)c1ccc([C@H]2C(C(=O)c3cc4ccccc4o3)=C(O)C(=O)N2c2nccs2)cc1. The topological polar surface area (TPSA) is 83.6 Å². The minimum absolute atomic E-state index is 0.0125. The number of aliphatic hydroxyl groups is 1. The standard InChI is InChI=1S/C25H20N2O4S/c1-14(2)15-7-9-16(10-8-15)21-20(23(29)24(30)27(21)25-26-11-12-32-25)22(28)19-13-17-5-3-4-6-18(17)31-19/h3-14,21,29H,1-2H3/t21-/m0/s1. The zero-order chi connectivity index (χ0) is 22.4. The molecular weight excluding hydrogens is 424 g/mol.